The van der Waals surface area contributed by atoms with Gasteiger partial charge in [0.1, 0.15) is 17.9 Å². The van der Waals surface area contributed by atoms with Gasteiger partial charge in [-0.15, -0.1) is 0 Å². The van der Waals surface area contributed by atoms with Crippen LogP contribution in [0.15, 0.2) is 4.42 Å². The normalized spacial score (nSPS) is 14.5. The molecule has 0 bridgehead atoms. The standard InChI is InChI=1S/C16H22O4/c1-4-19-15(18)9-14-11(8-10(2)3)16-12(17)6-5-7-13(16)20-14/h10H,4-9H2,1-3H3. The summed E-state index contributed by atoms with van der Waals surface area (Å²) in [5.41, 5.74) is 1.66. The summed E-state index contributed by atoms with van der Waals surface area (Å²) >= 11 is 0. The van der Waals surface area contributed by atoms with Crippen molar-refractivity contribution in [3.8, 4) is 0 Å². The van der Waals surface area contributed by atoms with Gasteiger partial charge < -0.3 is 9.15 Å². The molecule has 1 heterocycles. The van der Waals surface area contributed by atoms with Crippen LogP contribution in [0, 0.1) is 5.92 Å². The van der Waals surface area contributed by atoms with E-state index in [1.54, 1.807) is 6.92 Å². The molecule has 1 aromatic rings. The Morgan fingerprint density at radius 2 is 2.10 bits per heavy atom. The van der Waals surface area contributed by atoms with E-state index >= 15 is 0 Å². The van der Waals surface area contributed by atoms with E-state index in [0.717, 1.165) is 36.1 Å². The molecule has 0 unspecified atom stereocenters. The molecule has 20 heavy (non-hydrogen) atoms. The first-order valence-electron chi connectivity index (χ1n) is 7.35. The molecule has 1 aliphatic carbocycles. The first-order valence-corrected chi connectivity index (χ1v) is 7.35. The van der Waals surface area contributed by atoms with Gasteiger partial charge in [0.25, 0.3) is 0 Å². The summed E-state index contributed by atoms with van der Waals surface area (Å²) in [6, 6.07) is 0. The second-order valence-electron chi connectivity index (χ2n) is 5.66. The Morgan fingerprint density at radius 3 is 2.75 bits per heavy atom. The molecule has 0 saturated heterocycles. The highest BCUT2D eigenvalue weighted by Gasteiger charge is 2.29. The predicted octanol–water partition coefficient (Wildman–Crippen LogP) is 3.10. The van der Waals surface area contributed by atoms with Crippen molar-refractivity contribution in [1.82, 2.24) is 0 Å². The van der Waals surface area contributed by atoms with Gasteiger partial charge in [-0.2, -0.15) is 0 Å². The number of hydrogen-bond donors (Lipinski definition) is 0. The fraction of sp³-hybridized carbons (Fsp3) is 0.625. The van der Waals surface area contributed by atoms with Crippen molar-refractivity contribution in [2.45, 2.75) is 52.9 Å². The van der Waals surface area contributed by atoms with E-state index in [1.165, 1.54) is 0 Å². The third kappa shape index (κ3) is 3.11. The number of carbonyl (C=O) groups is 2. The number of aryl methyl sites for hydroxylation is 1. The predicted molar refractivity (Wildman–Crippen MR) is 74.9 cm³/mol. The fourth-order valence-electron chi connectivity index (χ4n) is 2.71. The van der Waals surface area contributed by atoms with Crippen molar-refractivity contribution in [1.29, 1.82) is 0 Å². The minimum atomic E-state index is -0.295. The third-order valence-corrected chi connectivity index (χ3v) is 3.47. The molecule has 0 amide bonds. The summed E-state index contributed by atoms with van der Waals surface area (Å²) in [7, 11) is 0. The number of furan rings is 1. The van der Waals surface area contributed by atoms with Gasteiger partial charge in [-0.25, -0.2) is 0 Å². The lowest BCUT2D eigenvalue weighted by atomic mass is 9.89. The molecule has 0 spiro atoms. The van der Waals surface area contributed by atoms with Crippen molar-refractivity contribution in [3.05, 3.63) is 22.6 Å². The van der Waals surface area contributed by atoms with Crippen LogP contribution in [-0.4, -0.2) is 18.4 Å². The molecule has 0 aromatic carbocycles. The van der Waals surface area contributed by atoms with Crippen LogP contribution in [0.4, 0.5) is 0 Å². The second kappa shape index (κ2) is 6.25. The molecule has 0 atom stereocenters. The van der Waals surface area contributed by atoms with Crippen molar-refractivity contribution >= 4 is 11.8 Å². The molecule has 1 aliphatic rings. The molecule has 2 rings (SSSR count). The van der Waals surface area contributed by atoms with Crippen LogP contribution in [0.25, 0.3) is 0 Å². The van der Waals surface area contributed by atoms with Gasteiger partial charge in [-0.1, -0.05) is 13.8 Å². The monoisotopic (exact) mass is 278 g/mol. The van der Waals surface area contributed by atoms with E-state index in [1.807, 2.05) is 0 Å². The van der Waals surface area contributed by atoms with Crippen LogP contribution in [-0.2, 0) is 28.8 Å². The quantitative estimate of drug-likeness (QED) is 0.777. The average Bonchev–Trinajstić information content (AvgIpc) is 2.68. The zero-order chi connectivity index (χ0) is 14.7. The fourth-order valence-corrected chi connectivity index (χ4v) is 2.71. The zero-order valence-corrected chi connectivity index (χ0v) is 12.5. The lowest BCUT2D eigenvalue weighted by molar-refractivity contribution is -0.142. The lowest BCUT2D eigenvalue weighted by Crippen LogP contribution is -2.13. The Bertz CT molecular complexity index is 511. The molecule has 4 heteroatoms. The zero-order valence-electron chi connectivity index (χ0n) is 12.5. The molecule has 4 nitrogen and oxygen atoms in total. The number of Topliss-reactive ketones (excluding diaryl/α,β-unsaturated/α-hetero) is 1. The topological polar surface area (TPSA) is 56.5 Å². The molecule has 0 N–H and O–H groups in total. The molecular formula is C16H22O4. The number of hydrogen-bond acceptors (Lipinski definition) is 4. The molecule has 0 fully saturated rings. The van der Waals surface area contributed by atoms with Gasteiger partial charge in [0.15, 0.2) is 5.78 Å². The number of fused-ring (bicyclic) bond motifs is 1. The molecular weight excluding hydrogens is 256 g/mol. The first-order chi connectivity index (χ1) is 9.52. The molecule has 0 saturated carbocycles. The molecule has 0 radical (unpaired) electrons. The minimum absolute atomic E-state index is 0.121. The van der Waals surface area contributed by atoms with E-state index in [4.69, 9.17) is 9.15 Å². The van der Waals surface area contributed by atoms with Gasteiger partial charge in [0.2, 0.25) is 0 Å². The highest BCUT2D eigenvalue weighted by atomic mass is 16.5. The Kier molecular flexibility index (Phi) is 4.63. The summed E-state index contributed by atoms with van der Waals surface area (Å²) in [6.07, 6.45) is 3.08. The molecule has 0 aliphatic heterocycles. The van der Waals surface area contributed by atoms with Crippen molar-refractivity contribution in [2.24, 2.45) is 5.92 Å². The summed E-state index contributed by atoms with van der Waals surface area (Å²) in [6.45, 7) is 6.34. The van der Waals surface area contributed by atoms with Crippen LogP contribution in [0.1, 0.15) is 61.1 Å². The highest BCUT2D eigenvalue weighted by molar-refractivity contribution is 5.99. The first kappa shape index (κ1) is 14.8. The van der Waals surface area contributed by atoms with Crippen LogP contribution in [0.2, 0.25) is 0 Å². The van der Waals surface area contributed by atoms with Gasteiger partial charge in [0, 0.05) is 18.4 Å². The molecule has 1 aromatic heterocycles. The number of ether oxygens (including phenoxy) is 1. The smallest absolute Gasteiger partial charge is 0.313 e. The number of esters is 1. The Balaban J connectivity index is 2.35. The maximum Gasteiger partial charge on any atom is 0.313 e. The summed E-state index contributed by atoms with van der Waals surface area (Å²) < 4.78 is 10.8. The summed E-state index contributed by atoms with van der Waals surface area (Å²) in [5.74, 6) is 1.65. The van der Waals surface area contributed by atoms with Crippen molar-refractivity contribution in [3.63, 3.8) is 0 Å². The van der Waals surface area contributed by atoms with Gasteiger partial charge in [0.05, 0.1) is 12.2 Å². The van der Waals surface area contributed by atoms with Gasteiger partial charge in [-0.3, -0.25) is 9.59 Å². The van der Waals surface area contributed by atoms with E-state index in [2.05, 4.69) is 13.8 Å². The van der Waals surface area contributed by atoms with Crippen molar-refractivity contribution < 1.29 is 18.7 Å². The molecule has 110 valence electrons. The summed E-state index contributed by atoms with van der Waals surface area (Å²) in [5, 5.41) is 0. The average molecular weight is 278 g/mol. The number of carbonyl (C=O) groups excluding carboxylic acids is 2. The Labute approximate surface area is 119 Å². The van der Waals surface area contributed by atoms with Crippen LogP contribution >= 0.6 is 0 Å². The van der Waals surface area contributed by atoms with E-state index in [9.17, 15) is 9.59 Å². The largest absolute Gasteiger partial charge is 0.466 e. The van der Waals surface area contributed by atoms with Crippen LogP contribution in [0.5, 0.6) is 0 Å². The Hall–Kier alpha value is -1.58. The lowest BCUT2D eigenvalue weighted by Gasteiger charge is -2.11. The minimum Gasteiger partial charge on any atom is -0.466 e. The highest BCUT2D eigenvalue weighted by Crippen LogP contribution is 2.32. The third-order valence-electron chi connectivity index (χ3n) is 3.47. The van der Waals surface area contributed by atoms with Gasteiger partial charge >= 0.3 is 5.97 Å². The van der Waals surface area contributed by atoms with Crippen LogP contribution < -0.4 is 0 Å². The summed E-state index contributed by atoms with van der Waals surface area (Å²) in [4.78, 5) is 23.8. The van der Waals surface area contributed by atoms with Crippen molar-refractivity contribution in [2.75, 3.05) is 6.61 Å². The second-order valence-corrected chi connectivity index (χ2v) is 5.66. The van der Waals surface area contributed by atoms with E-state index in [-0.39, 0.29) is 18.2 Å². The van der Waals surface area contributed by atoms with E-state index < -0.39 is 0 Å². The maximum atomic E-state index is 12.1. The van der Waals surface area contributed by atoms with E-state index in [0.29, 0.717) is 24.7 Å². The van der Waals surface area contributed by atoms with Crippen LogP contribution in [0.3, 0.4) is 0 Å². The Morgan fingerprint density at radius 1 is 1.35 bits per heavy atom. The number of ketones is 1. The van der Waals surface area contributed by atoms with Gasteiger partial charge in [-0.05, 0) is 25.7 Å². The maximum absolute atomic E-state index is 12.1. The SMILES string of the molecule is CCOC(=O)Cc1oc2c(c1CC(C)C)C(=O)CCC2. The number of rotatable bonds is 5.